The smallest absolute Gasteiger partial charge is 0.0909 e. The van der Waals surface area contributed by atoms with Gasteiger partial charge < -0.3 is 10.8 Å². The van der Waals surface area contributed by atoms with Crippen LogP contribution in [0.3, 0.4) is 0 Å². The highest BCUT2D eigenvalue weighted by Gasteiger charge is 2.13. The minimum Gasteiger partial charge on any atom is -0.387 e. The van der Waals surface area contributed by atoms with Crippen LogP contribution in [0.5, 0.6) is 0 Å². The van der Waals surface area contributed by atoms with Crippen LogP contribution < -0.4 is 5.73 Å². The molecule has 12 heavy (non-hydrogen) atoms. The Kier molecular flexibility index (Phi) is 3.53. The molecule has 0 bridgehead atoms. The third-order valence-electron chi connectivity index (χ3n) is 1.58. The van der Waals surface area contributed by atoms with E-state index in [-0.39, 0.29) is 0 Å². The van der Waals surface area contributed by atoms with Gasteiger partial charge in [0, 0.05) is 4.88 Å². The first-order chi connectivity index (χ1) is 5.65. The molecule has 0 aliphatic rings. The number of hydrogen-bond donors (Lipinski definition) is 2. The standard InChI is InChI=1S/C8H12ClNOS/c1-5-4-6(9)8(12-5)7(11)2-3-10/h4,7,11H,2-3,10H2,1H3. The van der Waals surface area contributed by atoms with Crippen LogP contribution in [0.15, 0.2) is 6.07 Å². The molecule has 68 valence electrons. The van der Waals surface area contributed by atoms with Gasteiger partial charge in [-0.15, -0.1) is 11.3 Å². The maximum atomic E-state index is 9.56. The molecule has 0 radical (unpaired) electrons. The van der Waals surface area contributed by atoms with Gasteiger partial charge in [0.05, 0.1) is 16.0 Å². The summed E-state index contributed by atoms with van der Waals surface area (Å²) in [7, 11) is 0. The number of thiophene rings is 1. The Morgan fingerprint density at radius 3 is 2.83 bits per heavy atom. The van der Waals surface area contributed by atoms with Gasteiger partial charge in [0.15, 0.2) is 0 Å². The molecular weight excluding hydrogens is 194 g/mol. The van der Waals surface area contributed by atoms with Crippen molar-refractivity contribution in [1.82, 2.24) is 0 Å². The van der Waals surface area contributed by atoms with Gasteiger partial charge in [-0.25, -0.2) is 0 Å². The van der Waals surface area contributed by atoms with E-state index in [0.29, 0.717) is 18.0 Å². The van der Waals surface area contributed by atoms with E-state index < -0.39 is 6.10 Å². The highest BCUT2D eigenvalue weighted by Crippen LogP contribution is 2.32. The van der Waals surface area contributed by atoms with Gasteiger partial charge in [-0.1, -0.05) is 11.6 Å². The Morgan fingerprint density at radius 1 is 1.75 bits per heavy atom. The molecule has 2 nitrogen and oxygen atoms in total. The van der Waals surface area contributed by atoms with Crippen LogP contribution in [-0.4, -0.2) is 11.7 Å². The van der Waals surface area contributed by atoms with E-state index in [1.807, 2.05) is 13.0 Å². The van der Waals surface area contributed by atoms with Crippen molar-refractivity contribution in [3.63, 3.8) is 0 Å². The van der Waals surface area contributed by atoms with Gasteiger partial charge in [0.1, 0.15) is 0 Å². The van der Waals surface area contributed by atoms with Gasteiger partial charge in [0.2, 0.25) is 0 Å². The maximum absolute atomic E-state index is 9.56. The van der Waals surface area contributed by atoms with Crippen molar-refractivity contribution >= 4 is 22.9 Å². The molecule has 0 saturated carbocycles. The van der Waals surface area contributed by atoms with Crippen LogP contribution in [-0.2, 0) is 0 Å². The third kappa shape index (κ3) is 2.20. The van der Waals surface area contributed by atoms with Crippen LogP contribution in [0.2, 0.25) is 5.02 Å². The van der Waals surface area contributed by atoms with E-state index in [9.17, 15) is 5.11 Å². The normalized spacial score (nSPS) is 13.3. The quantitative estimate of drug-likeness (QED) is 0.794. The lowest BCUT2D eigenvalue weighted by Crippen LogP contribution is -2.05. The number of nitrogens with two attached hydrogens (primary N) is 1. The molecule has 0 saturated heterocycles. The van der Waals surface area contributed by atoms with Gasteiger partial charge in [-0.3, -0.25) is 0 Å². The van der Waals surface area contributed by atoms with Crippen molar-refractivity contribution in [2.24, 2.45) is 5.73 Å². The van der Waals surface area contributed by atoms with Gasteiger partial charge >= 0.3 is 0 Å². The monoisotopic (exact) mass is 205 g/mol. The van der Waals surface area contributed by atoms with E-state index in [1.54, 1.807) is 0 Å². The second-order valence-electron chi connectivity index (χ2n) is 2.66. The fraction of sp³-hybridized carbons (Fsp3) is 0.500. The molecule has 0 aromatic carbocycles. The van der Waals surface area contributed by atoms with Crippen LogP contribution in [0, 0.1) is 6.92 Å². The Morgan fingerprint density at radius 2 is 2.42 bits per heavy atom. The molecule has 1 rings (SSSR count). The molecule has 0 aliphatic heterocycles. The zero-order chi connectivity index (χ0) is 9.14. The van der Waals surface area contributed by atoms with Crippen molar-refractivity contribution in [1.29, 1.82) is 0 Å². The highest BCUT2D eigenvalue weighted by atomic mass is 35.5. The van der Waals surface area contributed by atoms with E-state index in [0.717, 1.165) is 9.75 Å². The summed E-state index contributed by atoms with van der Waals surface area (Å²) in [4.78, 5) is 1.95. The van der Waals surface area contributed by atoms with Crippen LogP contribution in [0.25, 0.3) is 0 Å². The fourth-order valence-corrected chi connectivity index (χ4v) is 2.42. The lowest BCUT2D eigenvalue weighted by molar-refractivity contribution is 0.174. The predicted octanol–water partition coefficient (Wildman–Crippen LogP) is 2.09. The molecule has 1 unspecified atom stereocenters. The van der Waals surface area contributed by atoms with E-state index in [1.165, 1.54) is 11.3 Å². The first kappa shape index (κ1) is 9.99. The topological polar surface area (TPSA) is 46.2 Å². The molecule has 3 N–H and O–H groups in total. The molecular formula is C8H12ClNOS. The van der Waals surface area contributed by atoms with Crippen molar-refractivity contribution < 1.29 is 5.11 Å². The average molecular weight is 206 g/mol. The van der Waals surface area contributed by atoms with Crippen molar-refractivity contribution in [3.8, 4) is 0 Å². The van der Waals surface area contributed by atoms with Gasteiger partial charge in [-0.05, 0) is 26.0 Å². The fourth-order valence-electron chi connectivity index (χ4n) is 1.02. The highest BCUT2D eigenvalue weighted by molar-refractivity contribution is 7.12. The number of aryl methyl sites for hydroxylation is 1. The lowest BCUT2D eigenvalue weighted by Gasteiger charge is -2.06. The first-order valence-electron chi connectivity index (χ1n) is 3.79. The third-order valence-corrected chi connectivity index (χ3v) is 3.16. The summed E-state index contributed by atoms with van der Waals surface area (Å²) in [5.41, 5.74) is 5.33. The number of hydrogen-bond acceptors (Lipinski definition) is 3. The summed E-state index contributed by atoms with van der Waals surface area (Å²) in [6.07, 6.45) is 0.0702. The molecule has 1 heterocycles. The summed E-state index contributed by atoms with van der Waals surface area (Å²) in [5.74, 6) is 0. The Labute approximate surface area is 81.0 Å². The number of halogens is 1. The van der Waals surface area contributed by atoms with Gasteiger partial charge in [0.25, 0.3) is 0 Å². The zero-order valence-electron chi connectivity index (χ0n) is 6.88. The number of aliphatic hydroxyl groups is 1. The lowest BCUT2D eigenvalue weighted by atomic mass is 10.2. The zero-order valence-corrected chi connectivity index (χ0v) is 8.45. The Bertz CT molecular complexity index is 262. The van der Waals surface area contributed by atoms with E-state index in [4.69, 9.17) is 17.3 Å². The van der Waals surface area contributed by atoms with Gasteiger partial charge in [-0.2, -0.15) is 0 Å². The van der Waals surface area contributed by atoms with Crippen LogP contribution in [0.1, 0.15) is 22.3 Å². The Balaban J connectivity index is 2.79. The van der Waals surface area contributed by atoms with E-state index in [2.05, 4.69) is 0 Å². The van der Waals surface area contributed by atoms with Crippen molar-refractivity contribution in [2.75, 3.05) is 6.54 Å². The predicted molar refractivity (Wildman–Crippen MR) is 52.7 cm³/mol. The molecule has 1 aromatic rings. The first-order valence-corrected chi connectivity index (χ1v) is 4.98. The van der Waals surface area contributed by atoms with Crippen molar-refractivity contribution in [3.05, 3.63) is 20.8 Å². The molecule has 0 aliphatic carbocycles. The summed E-state index contributed by atoms with van der Waals surface area (Å²) in [6, 6.07) is 1.86. The summed E-state index contributed by atoms with van der Waals surface area (Å²) in [6.45, 7) is 2.45. The minimum absolute atomic E-state index is 0.481. The minimum atomic E-state index is -0.499. The molecule has 0 spiro atoms. The van der Waals surface area contributed by atoms with Crippen LogP contribution in [0.4, 0.5) is 0 Å². The number of rotatable bonds is 3. The molecule has 0 fully saturated rings. The summed E-state index contributed by atoms with van der Waals surface area (Å²) < 4.78 is 0. The molecule has 0 amide bonds. The average Bonchev–Trinajstić information content (AvgIpc) is 2.30. The second-order valence-corrected chi connectivity index (χ2v) is 4.36. The largest absolute Gasteiger partial charge is 0.387 e. The molecule has 1 atom stereocenters. The number of aliphatic hydroxyl groups excluding tert-OH is 1. The van der Waals surface area contributed by atoms with Crippen LogP contribution >= 0.6 is 22.9 Å². The molecule has 1 aromatic heterocycles. The SMILES string of the molecule is Cc1cc(Cl)c(C(O)CCN)s1. The van der Waals surface area contributed by atoms with Crippen molar-refractivity contribution in [2.45, 2.75) is 19.4 Å². The Hall–Kier alpha value is -0.0900. The second kappa shape index (κ2) is 4.23. The summed E-state index contributed by atoms with van der Waals surface area (Å²) >= 11 is 7.41. The van der Waals surface area contributed by atoms with E-state index >= 15 is 0 Å². The maximum Gasteiger partial charge on any atom is 0.0909 e. The summed E-state index contributed by atoms with van der Waals surface area (Å²) in [5, 5.41) is 10.2. The molecule has 4 heteroatoms.